The van der Waals surface area contributed by atoms with E-state index >= 15 is 0 Å². The molecule has 1 aromatic carbocycles. The molecule has 2 aromatic rings. The summed E-state index contributed by atoms with van der Waals surface area (Å²) in [6.07, 6.45) is 4.56. The first-order valence-corrected chi connectivity index (χ1v) is 7.96. The second-order valence-electron chi connectivity index (χ2n) is 5.62. The maximum Gasteiger partial charge on any atom is 0.228 e. The molecule has 1 aliphatic rings. The molecule has 0 saturated heterocycles. The zero-order valence-electron chi connectivity index (χ0n) is 12.2. The fourth-order valence-electron chi connectivity index (χ4n) is 2.48. The van der Waals surface area contributed by atoms with Crippen LogP contribution in [0.4, 0.5) is 0 Å². The molecule has 0 bridgehead atoms. The molecule has 112 valence electrons. The zero-order chi connectivity index (χ0) is 14.7. The SMILES string of the molecule is CCCNC(Cc1nc(-c2ccc(Cl)cc2)no1)C1CC1. The Hall–Kier alpha value is -1.39. The summed E-state index contributed by atoms with van der Waals surface area (Å²) in [5, 5.41) is 8.37. The molecule has 0 spiro atoms. The predicted octanol–water partition coefficient (Wildman–Crippen LogP) is 3.71. The Morgan fingerprint density at radius 1 is 1.33 bits per heavy atom. The van der Waals surface area contributed by atoms with Gasteiger partial charge in [0.2, 0.25) is 11.7 Å². The molecule has 0 radical (unpaired) electrons. The molecule has 4 nitrogen and oxygen atoms in total. The van der Waals surface area contributed by atoms with Crippen LogP contribution in [0.5, 0.6) is 0 Å². The van der Waals surface area contributed by atoms with Gasteiger partial charge >= 0.3 is 0 Å². The first-order chi connectivity index (χ1) is 10.3. The van der Waals surface area contributed by atoms with Gasteiger partial charge in [0.1, 0.15) is 0 Å². The molecule has 3 rings (SSSR count). The van der Waals surface area contributed by atoms with Gasteiger partial charge in [-0.3, -0.25) is 0 Å². The second-order valence-corrected chi connectivity index (χ2v) is 6.06. The lowest BCUT2D eigenvalue weighted by Gasteiger charge is -2.15. The van der Waals surface area contributed by atoms with E-state index in [1.54, 1.807) is 0 Å². The Bertz CT molecular complexity index is 577. The summed E-state index contributed by atoms with van der Waals surface area (Å²) in [5.41, 5.74) is 0.930. The van der Waals surface area contributed by atoms with Crippen molar-refractivity contribution >= 4 is 11.6 Å². The molecule has 5 heteroatoms. The summed E-state index contributed by atoms with van der Waals surface area (Å²) < 4.78 is 5.40. The van der Waals surface area contributed by atoms with Gasteiger partial charge in [-0.25, -0.2) is 0 Å². The van der Waals surface area contributed by atoms with E-state index in [1.807, 2.05) is 24.3 Å². The average molecular weight is 306 g/mol. The average Bonchev–Trinajstić information content (AvgIpc) is 3.24. The summed E-state index contributed by atoms with van der Waals surface area (Å²) in [5.74, 6) is 2.11. The zero-order valence-corrected chi connectivity index (χ0v) is 12.9. The quantitative estimate of drug-likeness (QED) is 0.847. The Morgan fingerprint density at radius 3 is 2.76 bits per heavy atom. The van der Waals surface area contributed by atoms with Crippen LogP contribution in [-0.2, 0) is 6.42 Å². The molecular weight excluding hydrogens is 286 g/mol. The van der Waals surface area contributed by atoms with Crippen molar-refractivity contribution in [3.63, 3.8) is 0 Å². The maximum atomic E-state index is 5.89. The topological polar surface area (TPSA) is 51.0 Å². The van der Waals surface area contributed by atoms with E-state index in [1.165, 1.54) is 12.8 Å². The number of nitrogens with zero attached hydrogens (tertiary/aromatic N) is 2. The predicted molar refractivity (Wildman–Crippen MR) is 83.3 cm³/mol. The molecule has 1 fully saturated rings. The van der Waals surface area contributed by atoms with Gasteiger partial charge < -0.3 is 9.84 Å². The van der Waals surface area contributed by atoms with Gasteiger partial charge in [-0.15, -0.1) is 0 Å². The highest BCUT2D eigenvalue weighted by molar-refractivity contribution is 6.30. The first-order valence-electron chi connectivity index (χ1n) is 7.58. The van der Waals surface area contributed by atoms with E-state index in [4.69, 9.17) is 16.1 Å². The summed E-state index contributed by atoms with van der Waals surface area (Å²) in [4.78, 5) is 4.51. The first kappa shape index (κ1) is 14.5. The van der Waals surface area contributed by atoms with Crippen molar-refractivity contribution in [2.75, 3.05) is 6.54 Å². The van der Waals surface area contributed by atoms with Crippen molar-refractivity contribution in [2.45, 2.75) is 38.6 Å². The lowest BCUT2D eigenvalue weighted by Crippen LogP contribution is -2.33. The lowest BCUT2D eigenvalue weighted by atomic mass is 10.1. The minimum Gasteiger partial charge on any atom is -0.339 e. The summed E-state index contributed by atoms with van der Waals surface area (Å²) >= 11 is 5.89. The van der Waals surface area contributed by atoms with Crippen molar-refractivity contribution in [3.8, 4) is 11.4 Å². The van der Waals surface area contributed by atoms with E-state index in [9.17, 15) is 0 Å². The van der Waals surface area contributed by atoms with Crippen molar-refractivity contribution in [1.29, 1.82) is 0 Å². The van der Waals surface area contributed by atoms with Crippen LogP contribution in [0.25, 0.3) is 11.4 Å². The van der Waals surface area contributed by atoms with Crippen LogP contribution in [0.15, 0.2) is 28.8 Å². The molecule has 0 amide bonds. The number of aromatic nitrogens is 2. The monoisotopic (exact) mass is 305 g/mol. The maximum absolute atomic E-state index is 5.89. The van der Waals surface area contributed by atoms with E-state index < -0.39 is 0 Å². The number of hydrogen-bond acceptors (Lipinski definition) is 4. The second kappa shape index (κ2) is 6.58. The van der Waals surface area contributed by atoms with Gasteiger partial charge in [-0.1, -0.05) is 23.7 Å². The number of hydrogen-bond donors (Lipinski definition) is 1. The molecule has 1 N–H and O–H groups in total. The molecular formula is C16H20ClN3O. The highest BCUT2D eigenvalue weighted by Crippen LogP contribution is 2.34. The van der Waals surface area contributed by atoms with Crippen LogP contribution in [0.2, 0.25) is 5.02 Å². The number of benzene rings is 1. The van der Waals surface area contributed by atoms with Crippen molar-refractivity contribution in [3.05, 3.63) is 35.2 Å². The number of rotatable bonds is 7. The minimum atomic E-state index is 0.462. The fourth-order valence-corrected chi connectivity index (χ4v) is 2.60. The van der Waals surface area contributed by atoms with Gasteiger partial charge in [-0.05, 0) is 56.0 Å². The Labute approximate surface area is 129 Å². The van der Waals surface area contributed by atoms with Gasteiger partial charge in [0.15, 0.2) is 0 Å². The highest BCUT2D eigenvalue weighted by Gasteiger charge is 2.32. The van der Waals surface area contributed by atoms with Crippen LogP contribution in [0.3, 0.4) is 0 Å². The minimum absolute atomic E-state index is 0.462. The molecule has 1 heterocycles. The molecule has 1 saturated carbocycles. The fraction of sp³-hybridized carbons (Fsp3) is 0.500. The molecule has 0 aliphatic heterocycles. The van der Waals surface area contributed by atoms with Crippen molar-refractivity contribution in [1.82, 2.24) is 15.5 Å². The van der Waals surface area contributed by atoms with Crippen LogP contribution in [-0.4, -0.2) is 22.7 Å². The standard InChI is InChI=1S/C16H20ClN3O/c1-2-9-18-14(11-3-4-11)10-15-19-16(20-21-15)12-5-7-13(17)8-6-12/h5-8,11,14,18H,2-4,9-10H2,1H3. The smallest absolute Gasteiger partial charge is 0.228 e. The molecule has 1 unspecified atom stereocenters. The third-order valence-electron chi connectivity index (χ3n) is 3.81. The Kier molecular flexibility index (Phi) is 4.56. The lowest BCUT2D eigenvalue weighted by molar-refractivity contribution is 0.346. The Balaban J connectivity index is 1.67. The van der Waals surface area contributed by atoms with E-state index in [0.717, 1.165) is 30.9 Å². The largest absolute Gasteiger partial charge is 0.339 e. The van der Waals surface area contributed by atoms with Crippen LogP contribution in [0, 0.1) is 5.92 Å². The molecule has 1 aliphatic carbocycles. The molecule has 21 heavy (non-hydrogen) atoms. The van der Waals surface area contributed by atoms with E-state index in [2.05, 4.69) is 22.4 Å². The summed E-state index contributed by atoms with van der Waals surface area (Å²) in [6, 6.07) is 7.95. The van der Waals surface area contributed by atoms with Gasteiger partial charge in [0.25, 0.3) is 0 Å². The van der Waals surface area contributed by atoms with Gasteiger partial charge in [-0.2, -0.15) is 4.98 Å². The Morgan fingerprint density at radius 2 is 2.10 bits per heavy atom. The van der Waals surface area contributed by atoms with Crippen molar-refractivity contribution < 1.29 is 4.52 Å². The van der Waals surface area contributed by atoms with Crippen molar-refractivity contribution in [2.24, 2.45) is 5.92 Å². The van der Waals surface area contributed by atoms with Crippen LogP contribution in [0.1, 0.15) is 32.1 Å². The number of halogens is 1. The number of nitrogens with one attached hydrogen (secondary N) is 1. The van der Waals surface area contributed by atoms with E-state index in [-0.39, 0.29) is 0 Å². The van der Waals surface area contributed by atoms with Crippen LogP contribution < -0.4 is 5.32 Å². The summed E-state index contributed by atoms with van der Waals surface area (Å²) in [6.45, 7) is 3.22. The van der Waals surface area contributed by atoms with Crippen LogP contribution >= 0.6 is 11.6 Å². The molecule has 1 aromatic heterocycles. The molecule has 1 atom stereocenters. The normalized spacial score (nSPS) is 16.1. The van der Waals surface area contributed by atoms with Gasteiger partial charge in [0.05, 0.1) is 0 Å². The highest BCUT2D eigenvalue weighted by atomic mass is 35.5. The van der Waals surface area contributed by atoms with E-state index in [0.29, 0.717) is 22.8 Å². The third kappa shape index (κ3) is 3.83. The summed E-state index contributed by atoms with van der Waals surface area (Å²) in [7, 11) is 0. The van der Waals surface area contributed by atoms with Gasteiger partial charge in [0, 0.05) is 23.0 Å². The third-order valence-corrected chi connectivity index (χ3v) is 4.06.